The van der Waals surface area contributed by atoms with Gasteiger partial charge in [0.05, 0.1) is 12.8 Å². The van der Waals surface area contributed by atoms with Crippen LogP contribution >= 0.6 is 0 Å². The molecule has 0 radical (unpaired) electrons. The molecule has 29 heavy (non-hydrogen) atoms. The fourth-order valence-electron chi connectivity index (χ4n) is 3.21. The summed E-state index contributed by atoms with van der Waals surface area (Å²) in [7, 11) is 1.61. The molecule has 1 amide bonds. The third-order valence-electron chi connectivity index (χ3n) is 4.83. The van der Waals surface area contributed by atoms with Crippen LogP contribution < -0.4 is 15.2 Å². The van der Waals surface area contributed by atoms with Gasteiger partial charge in [0, 0.05) is 23.9 Å². The van der Waals surface area contributed by atoms with Crippen molar-refractivity contribution in [1.29, 1.82) is 0 Å². The monoisotopic (exact) mass is 391 g/mol. The third kappa shape index (κ3) is 4.37. The third-order valence-corrected chi connectivity index (χ3v) is 4.83. The van der Waals surface area contributed by atoms with E-state index >= 15 is 0 Å². The number of likely N-dealkylation sites (N-methyl/N-ethyl adjacent to an activating group) is 1. The summed E-state index contributed by atoms with van der Waals surface area (Å²) in [5.74, 6) is 0.557. The van der Waals surface area contributed by atoms with Crippen LogP contribution in [0, 0.1) is 6.92 Å². The molecular formula is C23H25N3O3. The first kappa shape index (κ1) is 20.3. The Morgan fingerprint density at radius 2 is 1.86 bits per heavy atom. The number of carbonyl (C=O) groups excluding carboxylic acids is 1. The van der Waals surface area contributed by atoms with Crippen molar-refractivity contribution in [3.8, 4) is 17.0 Å². The molecule has 1 aromatic heterocycles. The van der Waals surface area contributed by atoms with Crippen molar-refractivity contribution in [1.82, 2.24) is 9.78 Å². The fraction of sp³-hybridized carbons (Fsp3) is 0.261. The molecule has 0 fully saturated rings. The molecule has 0 N–H and O–H groups in total. The standard InChI is InChI=1S/C23H25N3O3/c1-5-25(19-8-6-7-16(2)15-19)23(28)17(3)26-22(27)14-13-21(24-26)18-9-11-20(29-4)12-10-18/h6-15,17H,5H2,1-4H3. The minimum Gasteiger partial charge on any atom is -0.497 e. The molecule has 150 valence electrons. The number of benzene rings is 2. The van der Waals surface area contributed by atoms with Crippen molar-refractivity contribution in [2.75, 3.05) is 18.6 Å². The Balaban J connectivity index is 1.94. The van der Waals surface area contributed by atoms with Crippen LogP contribution in [-0.4, -0.2) is 29.3 Å². The average molecular weight is 391 g/mol. The second kappa shape index (κ2) is 8.73. The van der Waals surface area contributed by atoms with E-state index in [4.69, 9.17) is 4.74 Å². The Morgan fingerprint density at radius 3 is 2.48 bits per heavy atom. The average Bonchev–Trinajstić information content (AvgIpc) is 2.74. The van der Waals surface area contributed by atoms with Crippen LogP contribution in [0.1, 0.15) is 25.5 Å². The van der Waals surface area contributed by atoms with Gasteiger partial charge in [0.2, 0.25) is 0 Å². The Kier molecular flexibility index (Phi) is 6.12. The smallest absolute Gasteiger partial charge is 0.267 e. The van der Waals surface area contributed by atoms with E-state index in [0.29, 0.717) is 12.2 Å². The van der Waals surface area contributed by atoms with Crippen LogP contribution in [0.4, 0.5) is 5.69 Å². The molecule has 1 unspecified atom stereocenters. The van der Waals surface area contributed by atoms with Crippen molar-refractivity contribution in [3.05, 3.63) is 76.6 Å². The largest absolute Gasteiger partial charge is 0.497 e. The molecule has 0 bridgehead atoms. The molecule has 0 aliphatic heterocycles. The normalized spacial score (nSPS) is 11.7. The van der Waals surface area contributed by atoms with E-state index in [0.717, 1.165) is 22.6 Å². The maximum atomic E-state index is 13.2. The molecule has 6 nitrogen and oxygen atoms in total. The number of aryl methyl sites for hydroxylation is 1. The number of anilines is 1. The maximum absolute atomic E-state index is 13.2. The Morgan fingerprint density at radius 1 is 1.14 bits per heavy atom. The molecule has 2 aromatic carbocycles. The summed E-state index contributed by atoms with van der Waals surface area (Å²) >= 11 is 0. The van der Waals surface area contributed by atoms with Gasteiger partial charge >= 0.3 is 0 Å². The molecule has 3 rings (SSSR count). The van der Waals surface area contributed by atoms with Gasteiger partial charge in [-0.15, -0.1) is 0 Å². The van der Waals surface area contributed by atoms with Gasteiger partial charge in [0.15, 0.2) is 0 Å². The molecule has 0 spiro atoms. The van der Waals surface area contributed by atoms with E-state index in [2.05, 4.69) is 5.10 Å². The van der Waals surface area contributed by atoms with Gasteiger partial charge in [0.1, 0.15) is 11.8 Å². The summed E-state index contributed by atoms with van der Waals surface area (Å²) in [5, 5.41) is 4.46. The molecular weight excluding hydrogens is 366 g/mol. The predicted molar refractivity (Wildman–Crippen MR) is 114 cm³/mol. The highest BCUT2D eigenvalue weighted by Crippen LogP contribution is 2.22. The highest BCUT2D eigenvalue weighted by Gasteiger charge is 2.24. The van der Waals surface area contributed by atoms with Gasteiger partial charge in [-0.3, -0.25) is 9.59 Å². The molecule has 0 aliphatic rings. The predicted octanol–water partition coefficient (Wildman–Crippen LogP) is 3.84. The number of ether oxygens (including phenoxy) is 1. The number of carbonyl (C=O) groups is 1. The number of aromatic nitrogens is 2. The summed E-state index contributed by atoms with van der Waals surface area (Å²) < 4.78 is 6.43. The van der Waals surface area contributed by atoms with E-state index in [-0.39, 0.29) is 11.5 Å². The molecule has 1 heterocycles. The zero-order valence-electron chi connectivity index (χ0n) is 17.1. The van der Waals surface area contributed by atoms with E-state index in [1.807, 2.05) is 62.4 Å². The number of nitrogens with zero attached hydrogens (tertiary/aromatic N) is 3. The van der Waals surface area contributed by atoms with Crippen LogP contribution in [0.3, 0.4) is 0 Å². The van der Waals surface area contributed by atoms with Crippen LogP contribution in [0.15, 0.2) is 65.5 Å². The molecule has 0 saturated heterocycles. The number of methoxy groups -OCH3 is 1. The molecule has 6 heteroatoms. The zero-order chi connectivity index (χ0) is 21.0. The van der Waals surface area contributed by atoms with Gasteiger partial charge in [-0.05, 0) is 68.8 Å². The first-order chi connectivity index (χ1) is 13.9. The van der Waals surface area contributed by atoms with E-state index < -0.39 is 6.04 Å². The van der Waals surface area contributed by atoms with E-state index in [9.17, 15) is 9.59 Å². The maximum Gasteiger partial charge on any atom is 0.267 e. The minimum atomic E-state index is -0.735. The quantitative estimate of drug-likeness (QED) is 0.640. The molecule has 3 aromatic rings. The van der Waals surface area contributed by atoms with E-state index in [1.165, 1.54) is 10.7 Å². The van der Waals surface area contributed by atoms with Gasteiger partial charge in [0.25, 0.3) is 11.5 Å². The lowest BCUT2D eigenvalue weighted by Gasteiger charge is -2.25. The van der Waals surface area contributed by atoms with Gasteiger partial charge in [-0.1, -0.05) is 12.1 Å². The molecule has 0 saturated carbocycles. The van der Waals surface area contributed by atoms with E-state index in [1.54, 1.807) is 25.0 Å². The van der Waals surface area contributed by atoms with Crippen LogP contribution in [0.25, 0.3) is 11.3 Å². The number of rotatable bonds is 6. The number of amides is 1. The van der Waals surface area contributed by atoms with Gasteiger partial charge in [-0.25, -0.2) is 4.68 Å². The van der Waals surface area contributed by atoms with Crippen molar-refractivity contribution >= 4 is 11.6 Å². The summed E-state index contributed by atoms with van der Waals surface area (Å²) in [4.78, 5) is 27.3. The summed E-state index contributed by atoms with van der Waals surface area (Å²) in [6.07, 6.45) is 0. The topological polar surface area (TPSA) is 64.4 Å². The Hall–Kier alpha value is -3.41. The highest BCUT2D eigenvalue weighted by molar-refractivity contribution is 5.95. The first-order valence-corrected chi connectivity index (χ1v) is 9.57. The van der Waals surface area contributed by atoms with Crippen LogP contribution in [-0.2, 0) is 4.79 Å². The fourth-order valence-corrected chi connectivity index (χ4v) is 3.21. The van der Waals surface area contributed by atoms with Crippen molar-refractivity contribution in [2.24, 2.45) is 0 Å². The number of hydrogen-bond donors (Lipinski definition) is 0. The number of hydrogen-bond acceptors (Lipinski definition) is 4. The summed E-state index contributed by atoms with van der Waals surface area (Å²) in [5.41, 5.74) is 3.01. The van der Waals surface area contributed by atoms with Crippen molar-refractivity contribution < 1.29 is 9.53 Å². The lowest BCUT2D eigenvalue weighted by Crippen LogP contribution is -2.40. The Labute approximate surface area is 170 Å². The lowest BCUT2D eigenvalue weighted by molar-refractivity contribution is -0.121. The second-order valence-corrected chi connectivity index (χ2v) is 6.83. The summed E-state index contributed by atoms with van der Waals surface area (Å²) in [6, 6.07) is 17.5. The molecule has 0 aliphatic carbocycles. The Bertz CT molecular complexity index is 1060. The van der Waals surface area contributed by atoms with Crippen molar-refractivity contribution in [3.63, 3.8) is 0 Å². The molecule has 1 atom stereocenters. The minimum absolute atomic E-state index is 0.181. The van der Waals surface area contributed by atoms with Crippen molar-refractivity contribution in [2.45, 2.75) is 26.8 Å². The zero-order valence-corrected chi connectivity index (χ0v) is 17.1. The highest BCUT2D eigenvalue weighted by atomic mass is 16.5. The second-order valence-electron chi connectivity index (χ2n) is 6.83. The SMILES string of the molecule is CCN(C(=O)C(C)n1nc(-c2ccc(OC)cc2)ccc1=O)c1cccc(C)c1. The van der Waals surface area contributed by atoms with Crippen LogP contribution in [0.5, 0.6) is 5.75 Å². The van der Waals surface area contributed by atoms with Gasteiger partial charge in [-0.2, -0.15) is 5.10 Å². The van der Waals surface area contributed by atoms with Gasteiger partial charge < -0.3 is 9.64 Å². The summed E-state index contributed by atoms with van der Waals surface area (Å²) in [6.45, 7) is 6.10. The first-order valence-electron chi connectivity index (χ1n) is 9.57. The van der Waals surface area contributed by atoms with Crippen LogP contribution in [0.2, 0.25) is 0 Å². The lowest BCUT2D eigenvalue weighted by atomic mass is 10.1.